The zero-order chi connectivity index (χ0) is 15.4. The fraction of sp³-hybridized carbons (Fsp3) is 0.286. The summed E-state index contributed by atoms with van der Waals surface area (Å²) in [4.78, 5) is 9.87. The first-order valence-electron chi connectivity index (χ1n) is 6.33. The van der Waals surface area contributed by atoms with E-state index in [1.165, 1.54) is 0 Å². The number of nitrogens with one attached hydrogen (secondary N) is 1. The summed E-state index contributed by atoms with van der Waals surface area (Å²) in [5.74, 6) is 0.938. The largest absolute Gasteiger partial charge is 0.495 e. The Morgan fingerprint density at radius 1 is 1.48 bits per heavy atom. The number of hydrogen-bond donors (Lipinski definition) is 2. The van der Waals surface area contributed by atoms with Gasteiger partial charge in [0.15, 0.2) is 5.96 Å². The van der Waals surface area contributed by atoms with E-state index >= 15 is 0 Å². The molecule has 21 heavy (non-hydrogen) atoms. The van der Waals surface area contributed by atoms with Gasteiger partial charge in [0.2, 0.25) is 0 Å². The van der Waals surface area contributed by atoms with Crippen LogP contribution in [-0.2, 0) is 6.54 Å². The number of methoxy groups -OCH3 is 1. The number of benzene rings is 1. The van der Waals surface area contributed by atoms with Crippen molar-refractivity contribution in [3.05, 3.63) is 38.8 Å². The summed E-state index contributed by atoms with van der Waals surface area (Å²) in [5, 5.41) is 4.54. The van der Waals surface area contributed by atoms with Gasteiger partial charge in [0.1, 0.15) is 5.75 Å². The van der Waals surface area contributed by atoms with Gasteiger partial charge in [0, 0.05) is 10.6 Å². The van der Waals surface area contributed by atoms with Crippen molar-refractivity contribution in [3.63, 3.8) is 0 Å². The number of rotatable bonds is 4. The van der Waals surface area contributed by atoms with Gasteiger partial charge in [-0.2, -0.15) is 0 Å². The second-order valence-electron chi connectivity index (χ2n) is 4.41. The molecule has 1 aromatic heterocycles. The molecular weight excluding hydrogens is 308 g/mol. The lowest BCUT2D eigenvalue weighted by Gasteiger charge is -2.08. The average Bonchev–Trinajstić information content (AvgIpc) is 2.75. The van der Waals surface area contributed by atoms with E-state index in [1.54, 1.807) is 30.6 Å². The van der Waals surface area contributed by atoms with Gasteiger partial charge in [0.25, 0.3) is 0 Å². The van der Waals surface area contributed by atoms with Crippen LogP contribution in [0.3, 0.4) is 0 Å². The van der Waals surface area contributed by atoms with Gasteiger partial charge in [-0.05, 0) is 32.0 Å². The molecule has 0 spiro atoms. The number of thiazole rings is 1. The minimum Gasteiger partial charge on any atom is -0.495 e. The van der Waals surface area contributed by atoms with Gasteiger partial charge in [0.05, 0.1) is 29.4 Å². The molecule has 0 aliphatic rings. The number of ether oxygens (including phenoxy) is 1. The maximum Gasteiger partial charge on any atom is 0.193 e. The molecule has 2 aromatic rings. The molecule has 0 unspecified atom stereocenters. The van der Waals surface area contributed by atoms with E-state index in [0.29, 0.717) is 23.3 Å². The van der Waals surface area contributed by atoms with Crippen LogP contribution in [0.4, 0.5) is 5.69 Å². The Morgan fingerprint density at radius 2 is 2.24 bits per heavy atom. The zero-order valence-electron chi connectivity index (χ0n) is 12.1. The van der Waals surface area contributed by atoms with Gasteiger partial charge in [-0.25, -0.2) is 9.98 Å². The number of hydrogen-bond acceptors (Lipinski definition) is 4. The summed E-state index contributed by atoms with van der Waals surface area (Å²) in [6, 6.07) is 5.33. The third kappa shape index (κ3) is 4.09. The third-order valence-corrected chi connectivity index (χ3v) is 4.05. The number of nitrogens with zero attached hydrogens (tertiary/aromatic N) is 2. The van der Waals surface area contributed by atoms with E-state index < -0.39 is 0 Å². The first-order valence-corrected chi connectivity index (χ1v) is 7.52. The van der Waals surface area contributed by atoms with Gasteiger partial charge >= 0.3 is 0 Å². The summed E-state index contributed by atoms with van der Waals surface area (Å²) < 4.78 is 5.10. The molecule has 1 heterocycles. The van der Waals surface area contributed by atoms with Crippen molar-refractivity contribution in [3.8, 4) is 5.75 Å². The van der Waals surface area contributed by atoms with Gasteiger partial charge in [-0.15, -0.1) is 11.3 Å². The lowest BCUT2D eigenvalue weighted by atomic mass is 10.3. The fourth-order valence-corrected chi connectivity index (χ4v) is 2.90. The molecule has 0 aliphatic heterocycles. The minimum absolute atomic E-state index is 0.321. The molecule has 1 aromatic carbocycles. The molecular formula is C14H17ClN4OS. The lowest BCUT2D eigenvalue weighted by molar-refractivity contribution is 0.415. The van der Waals surface area contributed by atoms with E-state index in [-0.39, 0.29) is 0 Å². The molecule has 0 bridgehead atoms. The van der Waals surface area contributed by atoms with E-state index in [0.717, 1.165) is 21.3 Å². The first kappa shape index (κ1) is 15.6. The van der Waals surface area contributed by atoms with E-state index in [4.69, 9.17) is 22.1 Å². The predicted octanol–water partition coefficient (Wildman–Crippen LogP) is 3.35. The summed E-state index contributed by atoms with van der Waals surface area (Å²) in [6.07, 6.45) is 0. The molecule has 0 amide bonds. The molecule has 2 rings (SSSR count). The monoisotopic (exact) mass is 324 g/mol. The Morgan fingerprint density at radius 3 is 2.81 bits per heavy atom. The Bertz CT molecular complexity index is 669. The molecule has 112 valence electrons. The lowest BCUT2D eigenvalue weighted by Crippen LogP contribution is -2.22. The Kier molecular flexibility index (Phi) is 5.03. The van der Waals surface area contributed by atoms with Gasteiger partial charge in [-0.1, -0.05) is 11.6 Å². The molecule has 0 saturated carbocycles. The van der Waals surface area contributed by atoms with Crippen LogP contribution in [0.2, 0.25) is 5.02 Å². The Balaban J connectivity index is 2.03. The van der Waals surface area contributed by atoms with Crippen molar-refractivity contribution in [1.82, 2.24) is 4.98 Å². The highest BCUT2D eigenvalue weighted by Gasteiger charge is 2.05. The van der Waals surface area contributed by atoms with Crippen LogP contribution < -0.4 is 15.8 Å². The average molecular weight is 325 g/mol. The van der Waals surface area contributed by atoms with Crippen LogP contribution in [0, 0.1) is 13.8 Å². The molecule has 0 fully saturated rings. The molecule has 0 radical (unpaired) electrons. The summed E-state index contributed by atoms with van der Waals surface area (Å²) in [5.41, 5.74) is 7.58. The molecule has 7 heteroatoms. The van der Waals surface area contributed by atoms with Crippen LogP contribution in [0.1, 0.15) is 15.6 Å². The van der Waals surface area contributed by atoms with Crippen molar-refractivity contribution in [2.45, 2.75) is 20.4 Å². The molecule has 0 atom stereocenters. The standard InChI is InChI=1S/C14H17ClN4OS/c1-8-12(18-9(2)21-8)7-17-14(16)19-10-4-5-13(20-3)11(15)6-10/h4-6H,7H2,1-3H3,(H3,16,17,19). The molecule has 5 nitrogen and oxygen atoms in total. The maximum atomic E-state index is 6.06. The van der Waals surface area contributed by atoms with Crippen LogP contribution in [0.5, 0.6) is 5.75 Å². The van der Waals surface area contributed by atoms with Crippen molar-refractivity contribution >= 4 is 34.6 Å². The molecule has 3 N–H and O–H groups in total. The number of aryl methyl sites for hydroxylation is 2. The number of aliphatic imine (C=N–C) groups is 1. The zero-order valence-corrected chi connectivity index (χ0v) is 13.7. The van der Waals surface area contributed by atoms with Gasteiger partial charge < -0.3 is 15.8 Å². The van der Waals surface area contributed by atoms with E-state index in [1.807, 2.05) is 19.9 Å². The first-order chi connectivity index (χ1) is 9.99. The topological polar surface area (TPSA) is 72.5 Å². The Hall–Kier alpha value is -1.79. The van der Waals surface area contributed by atoms with Gasteiger partial charge in [-0.3, -0.25) is 0 Å². The number of anilines is 1. The fourth-order valence-electron chi connectivity index (χ4n) is 1.81. The van der Waals surface area contributed by atoms with Crippen LogP contribution in [0.15, 0.2) is 23.2 Å². The van der Waals surface area contributed by atoms with Crippen LogP contribution >= 0.6 is 22.9 Å². The van der Waals surface area contributed by atoms with Crippen molar-refractivity contribution < 1.29 is 4.74 Å². The SMILES string of the molecule is COc1ccc(NC(N)=NCc2nc(C)sc2C)cc1Cl. The highest BCUT2D eigenvalue weighted by Crippen LogP contribution is 2.27. The second-order valence-corrected chi connectivity index (χ2v) is 6.23. The smallest absolute Gasteiger partial charge is 0.193 e. The quantitative estimate of drug-likeness (QED) is 0.668. The second kappa shape index (κ2) is 6.78. The summed E-state index contributed by atoms with van der Waals surface area (Å²) >= 11 is 7.71. The summed E-state index contributed by atoms with van der Waals surface area (Å²) in [6.45, 7) is 4.47. The number of guanidine groups is 1. The molecule has 0 aliphatic carbocycles. The highest BCUT2D eigenvalue weighted by molar-refractivity contribution is 7.11. The molecule has 0 saturated heterocycles. The highest BCUT2D eigenvalue weighted by atomic mass is 35.5. The number of aromatic nitrogens is 1. The van der Waals surface area contributed by atoms with Crippen molar-refractivity contribution in [2.75, 3.05) is 12.4 Å². The Labute approximate surface area is 132 Å². The maximum absolute atomic E-state index is 6.06. The van der Waals surface area contributed by atoms with E-state index in [9.17, 15) is 0 Å². The number of halogens is 1. The third-order valence-electron chi connectivity index (χ3n) is 2.82. The van der Waals surface area contributed by atoms with Crippen molar-refractivity contribution in [2.24, 2.45) is 10.7 Å². The number of nitrogens with two attached hydrogens (primary N) is 1. The summed E-state index contributed by atoms with van der Waals surface area (Å²) in [7, 11) is 1.57. The van der Waals surface area contributed by atoms with E-state index in [2.05, 4.69) is 15.3 Å². The normalized spacial score (nSPS) is 11.5. The predicted molar refractivity (Wildman–Crippen MR) is 88.5 cm³/mol. The van der Waals surface area contributed by atoms with Crippen molar-refractivity contribution in [1.29, 1.82) is 0 Å². The van der Waals surface area contributed by atoms with Crippen LogP contribution in [0.25, 0.3) is 0 Å². The minimum atomic E-state index is 0.321. The van der Waals surface area contributed by atoms with Crippen LogP contribution in [-0.4, -0.2) is 18.1 Å².